The van der Waals surface area contributed by atoms with Crippen LogP contribution in [0.15, 0.2) is 36.4 Å². The SMILES string of the molecule is COC(=O)c1ccc(C(=O)OC)c(NC(=O)C2CCCN(S(=O)(=O)Cc3ccc(Cl)cc3Cl)C2)c1. The van der Waals surface area contributed by atoms with Crippen LogP contribution in [0.3, 0.4) is 0 Å². The molecule has 12 heteroatoms. The normalized spacial score (nSPS) is 16.4. The summed E-state index contributed by atoms with van der Waals surface area (Å²) in [4.78, 5) is 37.1. The molecule has 188 valence electrons. The van der Waals surface area contributed by atoms with Gasteiger partial charge in [0.05, 0.1) is 42.7 Å². The summed E-state index contributed by atoms with van der Waals surface area (Å²) in [5.41, 5.74) is 0.650. The molecule has 9 nitrogen and oxygen atoms in total. The largest absolute Gasteiger partial charge is 0.465 e. The Morgan fingerprint density at radius 1 is 1.06 bits per heavy atom. The Morgan fingerprint density at radius 3 is 2.43 bits per heavy atom. The van der Waals surface area contributed by atoms with Crippen LogP contribution in [-0.2, 0) is 30.0 Å². The van der Waals surface area contributed by atoms with Crippen LogP contribution in [0, 0.1) is 5.92 Å². The molecule has 35 heavy (non-hydrogen) atoms. The van der Waals surface area contributed by atoms with E-state index in [1.807, 2.05) is 0 Å². The van der Waals surface area contributed by atoms with E-state index >= 15 is 0 Å². The number of methoxy groups -OCH3 is 2. The number of rotatable bonds is 7. The van der Waals surface area contributed by atoms with Gasteiger partial charge in [-0.2, -0.15) is 0 Å². The first-order valence-corrected chi connectivity index (χ1v) is 13.0. The van der Waals surface area contributed by atoms with Crippen LogP contribution in [0.5, 0.6) is 0 Å². The van der Waals surface area contributed by atoms with Crippen LogP contribution in [0.1, 0.15) is 39.1 Å². The molecule has 1 N–H and O–H groups in total. The number of halogens is 2. The average Bonchev–Trinajstić information content (AvgIpc) is 2.84. The first-order valence-electron chi connectivity index (χ1n) is 10.6. The zero-order valence-corrected chi connectivity index (χ0v) is 21.4. The molecule has 1 unspecified atom stereocenters. The molecule has 1 aliphatic rings. The lowest BCUT2D eigenvalue weighted by atomic mass is 9.98. The number of piperidine rings is 1. The number of esters is 2. The Hall–Kier alpha value is -2.66. The predicted octanol–water partition coefficient (Wildman–Crippen LogP) is 3.75. The van der Waals surface area contributed by atoms with Crippen molar-refractivity contribution in [2.75, 3.05) is 32.6 Å². The number of sulfonamides is 1. The number of benzene rings is 2. The second-order valence-corrected chi connectivity index (χ2v) is 10.7. The minimum Gasteiger partial charge on any atom is -0.465 e. The van der Waals surface area contributed by atoms with Gasteiger partial charge in [-0.05, 0) is 48.7 Å². The Bertz CT molecular complexity index is 1250. The fraction of sp³-hybridized carbons (Fsp3) is 0.348. The quantitative estimate of drug-likeness (QED) is 0.529. The van der Waals surface area contributed by atoms with E-state index in [1.54, 1.807) is 12.1 Å². The van der Waals surface area contributed by atoms with Gasteiger partial charge in [0, 0.05) is 23.1 Å². The molecule has 0 aliphatic carbocycles. The fourth-order valence-corrected chi connectivity index (χ4v) is 5.95. The number of nitrogens with one attached hydrogen (secondary N) is 1. The number of carbonyl (C=O) groups is 3. The van der Waals surface area contributed by atoms with E-state index in [-0.39, 0.29) is 40.7 Å². The zero-order valence-electron chi connectivity index (χ0n) is 19.0. The van der Waals surface area contributed by atoms with E-state index < -0.39 is 33.8 Å². The van der Waals surface area contributed by atoms with E-state index in [4.69, 9.17) is 32.7 Å². The number of ether oxygens (including phenoxy) is 2. The maximum Gasteiger partial charge on any atom is 0.339 e. The number of anilines is 1. The molecule has 0 saturated carbocycles. The van der Waals surface area contributed by atoms with E-state index in [1.165, 1.54) is 42.8 Å². The summed E-state index contributed by atoms with van der Waals surface area (Å²) in [6.45, 7) is 0.228. The van der Waals surface area contributed by atoms with Crippen molar-refractivity contribution in [3.05, 3.63) is 63.1 Å². The van der Waals surface area contributed by atoms with Crippen LogP contribution >= 0.6 is 23.2 Å². The lowest BCUT2D eigenvalue weighted by Gasteiger charge is -2.31. The van der Waals surface area contributed by atoms with Crippen molar-refractivity contribution >= 4 is 56.8 Å². The van der Waals surface area contributed by atoms with Crippen LogP contribution in [0.2, 0.25) is 10.0 Å². The highest BCUT2D eigenvalue weighted by atomic mass is 35.5. The van der Waals surface area contributed by atoms with E-state index in [2.05, 4.69) is 5.32 Å². The average molecular weight is 543 g/mol. The lowest BCUT2D eigenvalue weighted by molar-refractivity contribution is -0.120. The Labute approximate surface area is 213 Å². The van der Waals surface area contributed by atoms with Gasteiger partial charge in [-0.25, -0.2) is 22.3 Å². The van der Waals surface area contributed by atoms with Crippen molar-refractivity contribution in [1.82, 2.24) is 4.31 Å². The number of amides is 1. The van der Waals surface area contributed by atoms with Crippen molar-refractivity contribution in [2.45, 2.75) is 18.6 Å². The molecule has 0 bridgehead atoms. The standard InChI is InChI=1S/C23H24Cl2N2O7S/c1-33-22(29)14-6-8-18(23(30)34-2)20(10-14)26-21(28)15-4-3-9-27(12-15)35(31,32)13-16-5-7-17(24)11-19(16)25/h5-8,10-11,15H,3-4,9,12-13H2,1-2H3,(H,26,28). The molecule has 2 aromatic carbocycles. The summed E-state index contributed by atoms with van der Waals surface area (Å²) in [6, 6.07) is 8.63. The molecule has 2 aromatic rings. The first-order chi connectivity index (χ1) is 16.6. The third-order valence-electron chi connectivity index (χ3n) is 5.61. The molecule has 0 aromatic heterocycles. The molecule has 1 aliphatic heterocycles. The van der Waals surface area contributed by atoms with Crippen molar-refractivity contribution < 1.29 is 32.3 Å². The van der Waals surface area contributed by atoms with Gasteiger partial charge < -0.3 is 14.8 Å². The molecule has 1 amide bonds. The number of nitrogens with zero attached hydrogens (tertiary/aromatic N) is 1. The second-order valence-electron chi connectivity index (χ2n) is 7.92. The van der Waals surface area contributed by atoms with Crippen LogP contribution < -0.4 is 5.32 Å². The van der Waals surface area contributed by atoms with Gasteiger partial charge in [0.15, 0.2) is 0 Å². The summed E-state index contributed by atoms with van der Waals surface area (Å²) in [5.74, 6) is -2.84. The second kappa shape index (κ2) is 11.4. The van der Waals surface area contributed by atoms with Crippen molar-refractivity contribution in [2.24, 2.45) is 5.92 Å². The maximum absolute atomic E-state index is 13.1. The third-order valence-corrected chi connectivity index (χ3v) is 7.99. The van der Waals surface area contributed by atoms with Gasteiger partial charge >= 0.3 is 11.9 Å². The van der Waals surface area contributed by atoms with Gasteiger partial charge in [-0.15, -0.1) is 0 Å². The molecule has 1 saturated heterocycles. The number of hydrogen-bond acceptors (Lipinski definition) is 7. The van der Waals surface area contributed by atoms with Gasteiger partial charge in [-0.1, -0.05) is 29.3 Å². The van der Waals surface area contributed by atoms with E-state index in [0.29, 0.717) is 23.4 Å². The Balaban J connectivity index is 1.78. The zero-order chi connectivity index (χ0) is 25.8. The topological polar surface area (TPSA) is 119 Å². The molecule has 1 fully saturated rings. The molecule has 1 atom stereocenters. The van der Waals surface area contributed by atoms with Crippen molar-refractivity contribution in [3.63, 3.8) is 0 Å². The summed E-state index contributed by atoms with van der Waals surface area (Å²) in [5, 5.41) is 3.29. The maximum atomic E-state index is 13.1. The lowest BCUT2D eigenvalue weighted by Crippen LogP contribution is -2.44. The smallest absolute Gasteiger partial charge is 0.339 e. The molecule has 0 radical (unpaired) electrons. The number of carbonyl (C=O) groups excluding carboxylic acids is 3. The summed E-state index contributed by atoms with van der Waals surface area (Å²) < 4.78 is 36.8. The first kappa shape index (κ1) is 26.9. The van der Waals surface area contributed by atoms with Gasteiger partial charge in [0.1, 0.15) is 0 Å². The van der Waals surface area contributed by atoms with Gasteiger partial charge in [0.25, 0.3) is 0 Å². The number of hydrogen-bond donors (Lipinski definition) is 1. The molecular weight excluding hydrogens is 519 g/mol. The summed E-state index contributed by atoms with van der Waals surface area (Å²) in [7, 11) is -1.36. The predicted molar refractivity (Wildman–Crippen MR) is 131 cm³/mol. The van der Waals surface area contributed by atoms with Crippen molar-refractivity contribution in [3.8, 4) is 0 Å². The fourth-order valence-electron chi connectivity index (χ4n) is 3.75. The highest BCUT2D eigenvalue weighted by Crippen LogP contribution is 2.27. The summed E-state index contributed by atoms with van der Waals surface area (Å²) in [6.07, 6.45) is 0.918. The minimum atomic E-state index is -3.77. The summed E-state index contributed by atoms with van der Waals surface area (Å²) >= 11 is 12.0. The monoisotopic (exact) mass is 542 g/mol. The highest BCUT2D eigenvalue weighted by Gasteiger charge is 2.33. The molecule has 0 spiro atoms. The highest BCUT2D eigenvalue weighted by molar-refractivity contribution is 7.88. The van der Waals surface area contributed by atoms with E-state index in [9.17, 15) is 22.8 Å². The molecule has 1 heterocycles. The Morgan fingerprint density at radius 2 is 1.77 bits per heavy atom. The van der Waals surface area contributed by atoms with Gasteiger partial charge in [-0.3, -0.25) is 4.79 Å². The Kier molecular flexibility index (Phi) is 8.76. The minimum absolute atomic E-state index is 0.0381. The van der Waals surface area contributed by atoms with Crippen LogP contribution in [0.25, 0.3) is 0 Å². The van der Waals surface area contributed by atoms with Gasteiger partial charge in [0.2, 0.25) is 15.9 Å². The van der Waals surface area contributed by atoms with Crippen LogP contribution in [0.4, 0.5) is 5.69 Å². The molecule has 3 rings (SSSR count). The molecular formula is C23H24Cl2N2O7S. The van der Waals surface area contributed by atoms with E-state index in [0.717, 1.165) is 0 Å². The third kappa shape index (κ3) is 6.52. The van der Waals surface area contributed by atoms with Crippen molar-refractivity contribution in [1.29, 1.82) is 0 Å². The van der Waals surface area contributed by atoms with Crippen LogP contribution in [-0.4, -0.2) is 57.9 Å².